The van der Waals surface area contributed by atoms with Crippen molar-refractivity contribution in [3.8, 4) is 0 Å². The van der Waals surface area contributed by atoms with Gasteiger partial charge in [-0.1, -0.05) is 45.9 Å². The van der Waals surface area contributed by atoms with Crippen LogP contribution in [0.1, 0.15) is 56.2 Å². The molecule has 78 valence electrons. The van der Waals surface area contributed by atoms with Gasteiger partial charge in [0, 0.05) is 6.54 Å². The molecule has 0 aliphatic rings. The lowest BCUT2D eigenvalue weighted by atomic mass is 9.93. The Bertz CT molecular complexity index is 274. The molecule has 1 nitrogen and oxygen atoms in total. The number of benzene rings is 1. The Balaban J connectivity index is 3.13. The number of hydrogen-bond acceptors (Lipinski definition) is 1. The number of hydrogen-bond donors (Lipinski definition) is 1. The van der Waals surface area contributed by atoms with Crippen LogP contribution in [0, 0.1) is 0 Å². The van der Waals surface area contributed by atoms with Gasteiger partial charge in [-0.05, 0) is 28.5 Å². The Morgan fingerprint density at radius 3 is 1.64 bits per heavy atom. The molecule has 0 saturated heterocycles. The highest BCUT2D eigenvalue weighted by atomic mass is 14.5. The van der Waals surface area contributed by atoms with Gasteiger partial charge in [0.05, 0.1) is 0 Å². The third-order valence-corrected chi connectivity index (χ3v) is 2.61. The molecule has 0 radical (unpaired) electrons. The van der Waals surface area contributed by atoms with E-state index in [4.69, 9.17) is 5.73 Å². The minimum absolute atomic E-state index is 0.582. The average Bonchev–Trinajstić information content (AvgIpc) is 2.16. The molecule has 1 aromatic carbocycles. The van der Waals surface area contributed by atoms with Gasteiger partial charge in [-0.2, -0.15) is 0 Å². The van der Waals surface area contributed by atoms with Crippen LogP contribution in [0.4, 0.5) is 0 Å². The van der Waals surface area contributed by atoms with Crippen LogP contribution in [-0.2, 0) is 6.54 Å². The first-order valence-corrected chi connectivity index (χ1v) is 5.38. The van der Waals surface area contributed by atoms with Crippen molar-refractivity contribution in [3.05, 3.63) is 34.9 Å². The smallest absolute Gasteiger partial charge is 0.0178 e. The van der Waals surface area contributed by atoms with Gasteiger partial charge in [0.1, 0.15) is 0 Å². The fraction of sp³-hybridized carbons (Fsp3) is 0.538. The molecule has 1 rings (SSSR count). The lowest BCUT2D eigenvalue weighted by molar-refractivity contribution is 0.826. The maximum absolute atomic E-state index is 5.69. The fourth-order valence-electron chi connectivity index (χ4n) is 1.53. The summed E-state index contributed by atoms with van der Waals surface area (Å²) in [5.41, 5.74) is 9.74. The summed E-state index contributed by atoms with van der Waals surface area (Å²) in [6, 6.07) is 6.74. The van der Waals surface area contributed by atoms with E-state index in [2.05, 4.69) is 45.9 Å². The summed E-state index contributed by atoms with van der Waals surface area (Å²) >= 11 is 0. The van der Waals surface area contributed by atoms with E-state index in [0.29, 0.717) is 18.4 Å². The molecule has 0 amide bonds. The van der Waals surface area contributed by atoms with Crippen LogP contribution >= 0.6 is 0 Å². The van der Waals surface area contributed by atoms with Crippen LogP contribution in [-0.4, -0.2) is 0 Å². The molecule has 0 heterocycles. The molecular formula is C13H21N. The highest BCUT2D eigenvalue weighted by Gasteiger charge is 2.06. The third-order valence-electron chi connectivity index (χ3n) is 2.61. The summed E-state index contributed by atoms with van der Waals surface area (Å²) < 4.78 is 0. The van der Waals surface area contributed by atoms with Gasteiger partial charge < -0.3 is 5.73 Å². The first-order valence-electron chi connectivity index (χ1n) is 5.38. The van der Waals surface area contributed by atoms with E-state index < -0.39 is 0 Å². The summed E-state index contributed by atoms with van der Waals surface area (Å²) in [7, 11) is 0. The summed E-state index contributed by atoms with van der Waals surface area (Å²) in [6.45, 7) is 9.53. The summed E-state index contributed by atoms with van der Waals surface area (Å²) in [6.07, 6.45) is 0. The van der Waals surface area contributed by atoms with E-state index in [0.717, 1.165) is 0 Å². The minimum Gasteiger partial charge on any atom is -0.326 e. The van der Waals surface area contributed by atoms with Gasteiger partial charge in [-0.3, -0.25) is 0 Å². The number of rotatable bonds is 3. The van der Waals surface area contributed by atoms with Crippen LogP contribution in [0.2, 0.25) is 0 Å². The van der Waals surface area contributed by atoms with E-state index >= 15 is 0 Å². The van der Waals surface area contributed by atoms with Crippen molar-refractivity contribution in [1.82, 2.24) is 0 Å². The molecule has 0 saturated carbocycles. The summed E-state index contributed by atoms with van der Waals surface area (Å²) in [4.78, 5) is 0. The quantitative estimate of drug-likeness (QED) is 0.778. The van der Waals surface area contributed by atoms with Gasteiger partial charge in [0.2, 0.25) is 0 Å². The predicted octanol–water partition coefficient (Wildman–Crippen LogP) is 3.39. The lowest BCUT2D eigenvalue weighted by Crippen LogP contribution is -2.01. The second kappa shape index (κ2) is 4.61. The van der Waals surface area contributed by atoms with Crippen LogP contribution in [0.3, 0.4) is 0 Å². The molecule has 1 aromatic rings. The average molecular weight is 191 g/mol. The molecule has 0 bridgehead atoms. The SMILES string of the molecule is CC(C)c1cc(CN)cc(C(C)C)c1. The monoisotopic (exact) mass is 191 g/mol. The molecule has 0 aliphatic carbocycles. The molecule has 0 fully saturated rings. The van der Waals surface area contributed by atoms with Crippen molar-refractivity contribution in [3.63, 3.8) is 0 Å². The van der Waals surface area contributed by atoms with E-state index in [1.165, 1.54) is 16.7 Å². The first kappa shape index (κ1) is 11.3. The topological polar surface area (TPSA) is 26.0 Å². The van der Waals surface area contributed by atoms with E-state index in [9.17, 15) is 0 Å². The van der Waals surface area contributed by atoms with Gasteiger partial charge in [-0.15, -0.1) is 0 Å². The number of nitrogens with two attached hydrogens (primary N) is 1. The summed E-state index contributed by atoms with van der Waals surface area (Å²) in [5, 5.41) is 0. The van der Waals surface area contributed by atoms with E-state index in [1.54, 1.807) is 0 Å². The van der Waals surface area contributed by atoms with Crippen LogP contribution in [0.5, 0.6) is 0 Å². The molecular weight excluding hydrogens is 170 g/mol. The molecule has 14 heavy (non-hydrogen) atoms. The van der Waals surface area contributed by atoms with E-state index in [1.807, 2.05) is 0 Å². The lowest BCUT2D eigenvalue weighted by Gasteiger charge is -2.13. The zero-order chi connectivity index (χ0) is 10.7. The second-order valence-electron chi connectivity index (χ2n) is 4.52. The standard InChI is InChI=1S/C13H21N/c1-9(2)12-5-11(8-14)6-13(7-12)10(3)4/h5-7,9-10H,8,14H2,1-4H3. The zero-order valence-electron chi connectivity index (χ0n) is 9.67. The Morgan fingerprint density at radius 1 is 0.929 bits per heavy atom. The fourth-order valence-corrected chi connectivity index (χ4v) is 1.53. The van der Waals surface area contributed by atoms with Crippen LogP contribution in [0.15, 0.2) is 18.2 Å². The molecule has 0 unspecified atom stereocenters. The first-order chi connectivity index (χ1) is 6.54. The van der Waals surface area contributed by atoms with Crippen molar-refractivity contribution >= 4 is 0 Å². The highest BCUT2D eigenvalue weighted by molar-refractivity contribution is 5.33. The Hall–Kier alpha value is -0.820. The van der Waals surface area contributed by atoms with Crippen molar-refractivity contribution < 1.29 is 0 Å². The van der Waals surface area contributed by atoms with Crippen molar-refractivity contribution in [2.75, 3.05) is 0 Å². The Labute approximate surface area is 87.3 Å². The Morgan fingerprint density at radius 2 is 1.36 bits per heavy atom. The normalized spacial score (nSPS) is 11.4. The van der Waals surface area contributed by atoms with Gasteiger partial charge in [-0.25, -0.2) is 0 Å². The van der Waals surface area contributed by atoms with Crippen molar-refractivity contribution in [1.29, 1.82) is 0 Å². The molecule has 0 aromatic heterocycles. The molecule has 2 N–H and O–H groups in total. The minimum atomic E-state index is 0.582. The molecule has 1 heteroatoms. The maximum Gasteiger partial charge on any atom is 0.0178 e. The molecule has 0 aliphatic heterocycles. The third kappa shape index (κ3) is 2.58. The summed E-state index contributed by atoms with van der Waals surface area (Å²) in [5.74, 6) is 1.16. The van der Waals surface area contributed by atoms with Crippen molar-refractivity contribution in [2.24, 2.45) is 5.73 Å². The van der Waals surface area contributed by atoms with E-state index in [-0.39, 0.29) is 0 Å². The molecule has 0 spiro atoms. The maximum atomic E-state index is 5.69. The Kier molecular flexibility index (Phi) is 3.70. The van der Waals surface area contributed by atoms with Crippen LogP contribution in [0.25, 0.3) is 0 Å². The van der Waals surface area contributed by atoms with Gasteiger partial charge >= 0.3 is 0 Å². The van der Waals surface area contributed by atoms with Gasteiger partial charge in [0.15, 0.2) is 0 Å². The second-order valence-corrected chi connectivity index (χ2v) is 4.52. The molecule has 0 atom stereocenters. The zero-order valence-corrected chi connectivity index (χ0v) is 9.67. The van der Waals surface area contributed by atoms with Crippen LogP contribution < -0.4 is 5.73 Å². The van der Waals surface area contributed by atoms with Crippen molar-refractivity contribution in [2.45, 2.75) is 46.1 Å². The predicted molar refractivity (Wildman–Crippen MR) is 62.5 cm³/mol. The highest BCUT2D eigenvalue weighted by Crippen LogP contribution is 2.23. The van der Waals surface area contributed by atoms with Gasteiger partial charge in [0.25, 0.3) is 0 Å². The largest absolute Gasteiger partial charge is 0.326 e.